The molecule has 0 saturated heterocycles. The summed E-state index contributed by atoms with van der Waals surface area (Å²) in [6.07, 6.45) is 2.37. The van der Waals surface area contributed by atoms with Gasteiger partial charge in [0.2, 0.25) is 10.0 Å². The van der Waals surface area contributed by atoms with Crippen molar-refractivity contribution in [3.05, 3.63) is 71.5 Å². The van der Waals surface area contributed by atoms with Crippen molar-refractivity contribution in [1.82, 2.24) is 29.6 Å². The van der Waals surface area contributed by atoms with E-state index in [-0.39, 0.29) is 42.5 Å². The quantitative estimate of drug-likeness (QED) is 0.200. The summed E-state index contributed by atoms with van der Waals surface area (Å²) < 4.78 is 40.5. The molecule has 4 aromatic rings. The van der Waals surface area contributed by atoms with Gasteiger partial charge in [0.1, 0.15) is 5.52 Å². The van der Waals surface area contributed by atoms with E-state index in [1.165, 1.54) is 12.1 Å². The maximum atomic E-state index is 12.6. The van der Waals surface area contributed by atoms with Crippen LogP contribution in [0.5, 0.6) is 6.01 Å². The van der Waals surface area contributed by atoms with Crippen LogP contribution in [0.3, 0.4) is 0 Å². The molecular weight excluding hydrogens is 546 g/mol. The molecule has 0 aliphatic heterocycles. The van der Waals surface area contributed by atoms with E-state index in [0.29, 0.717) is 24.1 Å². The highest BCUT2D eigenvalue weighted by Crippen LogP contribution is 2.20. The molecule has 1 amide bonds. The summed E-state index contributed by atoms with van der Waals surface area (Å²) in [5.41, 5.74) is 9.82. The Morgan fingerprint density at radius 1 is 1.00 bits per heavy atom. The van der Waals surface area contributed by atoms with Crippen molar-refractivity contribution in [2.24, 2.45) is 0 Å². The van der Waals surface area contributed by atoms with Crippen LogP contribution in [0.25, 0.3) is 11.2 Å². The molecule has 2 aromatic carbocycles. The summed E-state index contributed by atoms with van der Waals surface area (Å²) in [5, 5.41) is 2.68. The first-order valence-corrected chi connectivity index (χ1v) is 14.8. The number of amides is 1. The highest BCUT2D eigenvalue weighted by molar-refractivity contribution is 7.89. The number of hydrogen-bond acceptors (Lipinski definition) is 9. The zero-order valence-corrected chi connectivity index (χ0v) is 24.1. The fourth-order valence-electron chi connectivity index (χ4n) is 3.90. The first kappa shape index (κ1) is 29.7. The molecule has 2 heterocycles. The fraction of sp³-hybridized carbons (Fsp3) is 0.357. The SMILES string of the molecule is Cc1ccc(CNS(=O)(=O)c2ccc(CNC(=O)OCCCCn3cnc4c(N)nc(OC(C)C)nc43)cc2)cc1. The van der Waals surface area contributed by atoms with E-state index in [2.05, 4.69) is 25.0 Å². The van der Waals surface area contributed by atoms with Crippen molar-refractivity contribution >= 4 is 33.1 Å². The summed E-state index contributed by atoms with van der Waals surface area (Å²) in [6, 6.07) is 14.2. The second-order valence-electron chi connectivity index (χ2n) is 9.82. The van der Waals surface area contributed by atoms with E-state index < -0.39 is 16.1 Å². The number of nitrogen functional groups attached to an aromatic ring is 1. The minimum Gasteiger partial charge on any atom is -0.461 e. The first-order valence-electron chi connectivity index (χ1n) is 13.3. The molecule has 0 radical (unpaired) electrons. The van der Waals surface area contributed by atoms with Gasteiger partial charge in [-0.05, 0) is 56.9 Å². The molecule has 0 saturated carbocycles. The zero-order valence-electron chi connectivity index (χ0n) is 23.3. The fourth-order valence-corrected chi connectivity index (χ4v) is 4.92. The topological polar surface area (TPSA) is 163 Å². The monoisotopic (exact) mass is 581 g/mol. The average molecular weight is 582 g/mol. The molecule has 0 aliphatic carbocycles. The van der Waals surface area contributed by atoms with E-state index in [0.717, 1.165) is 23.1 Å². The van der Waals surface area contributed by atoms with Gasteiger partial charge in [0.05, 0.1) is 23.9 Å². The molecule has 218 valence electrons. The van der Waals surface area contributed by atoms with Crippen LogP contribution in [0.1, 0.15) is 43.4 Å². The predicted molar refractivity (Wildman–Crippen MR) is 155 cm³/mol. The van der Waals surface area contributed by atoms with E-state index in [1.807, 2.05) is 49.6 Å². The number of nitrogens with two attached hydrogens (primary N) is 1. The first-order chi connectivity index (χ1) is 19.6. The lowest BCUT2D eigenvalue weighted by molar-refractivity contribution is 0.143. The third-order valence-corrected chi connectivity index (χ3v) is 7.51. The third-order valence-electron chi connectivity index (χ3n) is 6.10. The average Bonchev–Trinajstić information content (AvgIpc) is 3.34. The second-order valence-corrected chi connectivity index (χ2v) is 11.6. The lowest BCUT2D eigenvalue weighted by Crippen LogP contribution is -2.25. The molecule has 0 aliphatic rings. The smallest absolute Gasteiger partial charge is 0.407 e. The minimum atomic E-state index is -3.66. The molecule has 4 N–H and O–H groups in total. The Bertz CT molecular complexity index is 1570. The summed E-state index contributed by atoms with van der Waals surface area (Å²) in [4.78, 5) is 25.1. The number of nitrogens with one attached hydrogen (secondary N) is 2. The van der Waals surface area contributed by atoms with Crippen LogP contribution in [0.4, 0.5) is 10.6 Å². The molecule has 0 unspecified atom stereocenters. The van der Waals surface area contributed by atoms with Crippen LogP contribution in [-0.4, -0.2) is 46.7 Å². The third kappa shape index (κ3) is 8.38. The van der Waals surface area contributed by atoms with Crippen molar-refractivity contribution in [3.8, 4) is 6.01 Å². The Labute approximate surface area is 239 Å². The van der Waals surface area contributed by atoms with Crippen molar-refractivity contribution in [2.45, 2.75) is 64.2 Å². The Kier molecular flexibility index (Phi) is 9.73. The standard InChI is InChI=1S/C28H35N7O5S/c1-19(2)40-27-33-25(29)24-26(34-27)35(18-31-24)14-4-5-15-39-28(36)30-16-21-10-12-23(13-11-21)41(37,38)32-17-22-8-6-20(3)7-9-22/h6-13,18-19,32H,4-5,14-17H2,1-3H3,(H,30,36)(H2,29,33,34). The molecule has 0 spiro atoms. The van der Waals surface area contributed by atoms with Gasteiger partial charge >= 0.3 is 12.1 Å². The number of rotatable bonds is 13. The number of sulfonamides is 1. The molecule has 0 bridgehead atoms. The number of carbonyl (C=O) groups is 1. The van der Waals surface area contributed by atoms with Gasteiger partial charge in [0.15, 0.2) is 11.5 Å². The number of alkyl carbamates (subject to hydrolysis) is 1. The highest BCUT2D eigenvalue weighted by Gasteiger charge is 2.15. The number of unbranched alkanes of at least 4 members (excludes halogenated alkanes) is 1. The molecule has 0 fully saturated rings. The Hall–Kier alpha value is -4.23. The summed E-state index contributed by atoms with van der Waals surface area (Å²) >= 11 is 0. The lowest BCUT2D eigenvalue weighted by atomic mass is 10.2. The number of aryl methyl sites for hydroxylation is 2. The predicted octanol–water partition coefficient (Wildman–Crippen LogP) is 3.69. The summed E-state index contributed by atoms with van der Waals surface area (Å²) in [6.45, 7) is 6.99. The molecule has 41 heavy (non-hydrogen) atoms. The number of hydrogen-bond donors (Lipinski definition) is 3. The molecular formula is C28H35N7O5S. The van der Waals surface area contributed by atoms with Gasteiger partial charge in [-0.1, -0.05) is 42.0 Å². The maximum absolute atomic E-state index is 12.6. The molecule has 4 rings (SSSR count). The summed E-state index contributed by atoms with van der Waals surface area (Å²) in [7, 11) is -3.66. The van der Waals surface area contributed by atoms with Crippen LogP contribution in [0.15, 0.2) is 59.8 Å². The normalized spacial score (nSPS) is 11.6. The number of imidazole rings is 1. The number of fused-ring (bicyclic) bond motifs is 1. The number of ether oxygens (including phenoxy) is 2. The van der Waals surface area contributed by atoms with E-state index in [9.17, 15) is 13.2 Å². The van der Waals surface area contributed by atoms with E-state index >= 15 is 0 Å². The molecule has 2 aromatic heterocycles. The zero-order chi connectivity index (χ0) is 29.4. The summed E-state index contributed by atoms with van der Waals surface area (Å²) in [5.74, 6) is 0.260. The Morgan fingerprint density at radius 3 is 2.39 bits per heavy atom. The second kappa shape index (κ2) is 13.4. The van der Waals surface area contributed by atoms with Crippen LogP contribution >= 0.6 is 0 Å². The van der Waals surface area contributed by atoms with Gasteiger partial charge in [-0.25, -0.2) is 22.9 Å². The lowest BCUT2D eigenvalue weighted by Gasteiger charge is -2.10. The van der Waals surface area contributed by atoms with Crippen molar-refractivity contribution in [1.29, 1.82) is 0 Å². The van der Waals surface area contributed by atoms with Gasteiger partial charge in [-0.15, -0.1) is 0 Å². The van der Waals surface area contributed by atoms with Gasteiger partial charge in [-0.2, -0.15) is 9.97 Å². The highest BCUT2D eigenvalue weighted by atomic mass is 32.2. The number of aromatic nitrogens is 4. The van der Waals surface area contributed by atoms with Gasteiger partial charge < -0.3 is 25.1 Å². The number of carbonyl (C=O) groups excluding carboxylic acids is 1. The number of anilines is 1. The maximum Gasteiger partial charge on any atom is 0.407 e. The van der Waals surface area contributed by atoms with Crippen LogP contribution in [0.2, 0.25) is 0 Å². The number of nitrogens with zero attached hydrogens (tertiary/aromatic N) is 4. The Morgan fingerprint density at radius 2 is 1.68 bits per heavy atom. The molecule has 13 heteroatoms. The number of benzene rings is 2. The van der Waals surface area contributed by atoms with Crippen LogP contribution in [0, 0.1) is 6.92 Å². The van der Waals surface area contributed by atoms with Crippen molar-refractivity contribution in [2.75, 3.05) is 12.3 Å². The van der Waals surface area contributed by atoms with Crippen LogP contribution < -0.4 is 20.5 Å². The van der Waals surface area contributed by atoms with Crippen molar-refractivity contribution in [3.63, 3.8) is 0 Å². The molecule has 0 atom stereocenters. The van der Waals surface area contributed by atoms with E-state index in [4.69, 9.17) is 15.2 Å². The largest absolute Gasteiger partial charge is 0.461 e. The Balaban J connectivity index is 1.17. The van der Waals surface area contributed by atoms with Gasteiger partial charge in [-0.3, -0.25) is 0 Å². The minimum absolute atomic E-state index is 0.0843. The van der Waals surface area contributed by atoms with E-state index in [1.54, 1.807) is 18.5 Å². The molecule has 12 nitrogen and oxygen atoms in total. The van der Waals surface area contributed by atoms with Gasteiger partial charge in [0, 0.05) is 19.6 Å². The van der Waals surface area contributed by atoms with Crippen molar-refractivity contribution < 1.29 is 22.7 Å². The van der Waals surface area contributed by atoms with Crippen LogP contribution in [-0.2, 0) is 34.4 Å². The van der Waals surface area contributed by atoms with Gasteiger partial charge in [0.25, 0.3) is 0 Å².